The molecule has 0 atom stereocenters. The Morgan fingerprint density at radius 1 is 1.19 bits per heavy atom. The Morgan fingerprint density at radius 2 is 1.88 bits per heavy atom. The quantitative estimate of drug-likeness (QED) is 0.749. The number of nitrogens with one attached hydrogen (secondary N) is 1. The largest absolute Gasteiger partial charge is 0.495 e. The first-order chi connectivity index (χ1) is 12.5. The zero-order chi connectivity index (χ0) is 18.8. The molecule has 1 aromatic heterocycles. The molecule has 134 valence electrons. The van der Waals surface area contributed by atoms with Crippen molar-refractivity contribution in [2.24, 2.45) is 0 Å². The summed E-state index contributed by atoms with van der Waals surface area (Å²) in [7, 11) is 1.43. The zero-order valence-electron chi connectivity index (χ0n) is 14.8. The molecule has 1 amide bonds. The Hall–Kier alpha value is -2.79. The summed E-state index contributed by atoms with van der Waals surface area (Å²) in [5, 5.41) is 0.941. The summed E-state index contributed by atoms with van der Waals surface area (Å²) in [5.74, 6) is -0.242. The normalized spacial score (nSPS) is 10.8. The minimum Gasteiger partial charge on any atom is -0.495 e. The number of nitrogens with zero attached hydrogens (tertiary/aromatic N) is 1. The standard InChI is InChI=1S/C20H19ClN2O3/c1-4-23(13-8-6-5-7-9-13)20(25)16-18(26-3)15-14(21)11-10-12(2)17(15)22-19(16)24/h5-11H,4H2,1-3H3,(H,22,24). The number of pyridine rings is 1. The van der Waals surface area contributed by atoms with E-state index < -0.39 is 11.5 Å². The van der Waals surface area contributed by atoms with Gasteiger partial charge in [-0.25, -0.2) is 0 Å². The summed E-state index contributed by atoms with van der Waals surface area (Å²) in [6.45, 7) is 4.12. The zero-order valence-corrected chi connectivity index (χ0v) is 15.6. The smallest absolute Gasteiger partial charge is 0.267 e. The van der Waals surface area contributed by atoms with Crippen LogP contribution in [0.15, 0.2) is 47.3 Å². The van der Waals surface area contributed by atoms with E-state index in [1.807, 2.05) is 50.2 Å². The van der Waals surface area contributed by atoms with Gasteiger partial charge in [0, 0.05) is 12.2 Å². The number of carbonyl (C=O) groups excluding carboxylic acids is 1. The van der Waals surface area contributed by atoms with E-state index in [2.05, 4.69) is 4.98 Å². The van der Waals surface area contributed by atoms with E-state index in [0.29, 0.717) is 28.2 Å². The highest BCUT2D eigenvalue weighted by Crippen LogP contribution is 2.34. The van der Waals surface area contributed by atoms with Gasteiger partial charge in [0.1, 0.15) is 11.3 Å². The molecule has 0 saturated heterocycles. The molecule has 5 nitrogen and oxygen atoms in total. The van der Waals surface area contributed by atoms with Crippen LogP contribution in [0.5, 0.6) is 5.75 Å². The number of rotatable bonds is 4. The molecule has 0 aliphatic heterocycles. The van der Waals surface area contributed by atoms with Crippen LogP contribution in [0.1, 0.15) is 22.8 Å². The van der Waals surface area contributed by atoms with Crippen LogP contribution in [0, 0.1) is 6.92 Å². The summed E-state index contributed by atoms with van der Waals surface area (Å²) in [6, 6.07) is 12.7. The molecule has 1 heterocycles. The fraction of sp³-hybridized carbons (Fsp3) is 0.200. The van der Waals surface area contributed by atoms with E-state index in [-0.39, 0.29) is 11.3 Å². The number of ether oxygens (including phenoxy) is 1. The maximum Gasteiger partial charge on any atom is 0.267 e. The third kappa shape index (κ3) is 2.95. The minimum absolute atomic E-state index is 0.0572. The van der Waals surface area contributed by atoms with Crippen LogP contribution in [0.25, 0.3) is 10.9 Å². The third-order valence-corrected chi connectivity index (χ3v) is 4.64. The Bertz CT molecular complexity index is 1030. The number of anilines is 1. The number of aromatic amines is 1. The second-order valence-corrected chi connectivity index (χ2v) is 6.27. The lowest BCUT2D eigenvalue weighted by Gasteiger charge is -2.22. The number of hydrogen-bond acceptors (Lipinski definition) is 3. The number of hydrogen-bond donors (Lipinski definition) is 1. The van der Waals surface area contributed by atoms with Gasteiger partial charge in [-0.05, 0) is 37.6 Å². The monoisotopic (exact) mass is 370 g/mol. The number of aromatic nitrogens is 1. The topological polar surface area (TPSA) is 62.4 Å². The lowest BCUT2D eigenvalue weighted by Crippen LogP contribution is -2.35. The highest BCUT2D eigenvalue weighted by atomic mass is 35.5. The number of fused-ring (bicyclic) bond motifs is 1. The highest BCUT2D eigenvalue weighted by molar-refractivity contribution is 6.36. The van der Waals surface area contributed by atoms with E-state index in [1.54, 1.807) is 6.07 Å². The van der Waals surface area contributed by atoms with Gasteiger partial charge in [-0.15, -0.1) is 0 Å². The number of halogens is 1. The molecule has 6 heteroatoms. The fourth-order valence-corrected chi connectivity index (χ4v) is 3.30. The Morgan fingerprint density at radius 3 is 2.50 bits per heavy atom. The third-order valence-electron chi connectivity index (χ3n) is 4.33. The number of H-pyrrole nitrogens is 1. The second-order valence-electron chi connectivity index (χ2n) is 5.86. The van der Waals surface area contributed by atoms with Gasteiger partial charge >= 0.3 is 0 Å². The minimum atomic E-state index is -0.501. The molecule has 3 aromatic rings. The summed E-state index contributed by atoms with van der Waals surface area (Å²) < 4.78 is 5.48. The lowest BCUT2D eigenvalue weighted by molar-refractivity contribution is 0.0984. The Balaban J connectivity index is 2.28. The maximum atomic E-state index is 13.2. The average molecular weight is 371 g/mol. The average Bonchev–Trinajstić information content (AvgIpc) is 2.65. The van der Waals surface area contributed by atoms with Crippen molar-refractivity contribution < 1.29 is 9.53 Å². The summed E-state index contributed by atoms with van der Waals surface area (Å²) in [4.78, 5) is 30.3. The molecular weight excluding hydrogens is 352 g/mol. The SMILES string of the molecule is CCN(C(=O)c1c(OC)c2c(Cl)ccc(C)c2[nH]c1=O)c1ccccc1. The van der Waals surface area contributed by atoms with Crippen molar-refractivity contribution in [3.63, 3.8) is 0 Å². The molecule has 0 spiro atoms. The van der Waals surface area contributed by atoms with Gasteiger partial charge in [0.05, 0.1) is 23.0 Å². The number of para-hydroxylation sites is 1. The molecule has 0 aliphatic rings. The van der Waals surface area contributed by atoms with Gasteiger partial charge < -0.3 is 14.6 Å². The van der Waals surface area contributed by atoms with E-state index in [0.717, 1.165) is 5.56 Å². The number of benzene rings is 2. The predicted octanol–water partition coefficient (Wildman–Crippen LogP) is 4.17. The van der Waals surface area contributed by atoms with Crippen molar-refractivity contribution >= 4 is 34.1 Å². The van der Waals surface area contributed by atoms with E-state index in [9.17, 15) is 9.59 Å². The highest BCUT2D eigenvalue weighted by Gasteiger charge is 2.26. The Labute approximate surface area is 156 Å². The lowest BCUT2D eigenvalue weighted by atomic mass is 10.1. The first kappa shape index (κ1) is 18.0. The Kier molecular flexibility index (Phi) is 5.00. The van der Waals surface area contributed by atoms with Crippen LogP contribution in [0.3, 0.4) is 0 Å². The molecule has 0 saturated carbocycles. The van der Waals surface area contributed by atoms with Gasteiger partial charge in [0.15, 0.2) is 0 Å². The van der Waals surface area contributed by atoms with Crippen molar-refractivity contribution in [3.05, 3.63) is 69.0 Å². The molecule has 0 unspecified atom stereocenters. The van der Waals surface area contributed by atoms with Crippen molar-refractivity contribution in [1.29, 1.82) is 0 Å². The first-order valence-corrected chi connectivity index (χ1v) is 8.63. The van der Waals surface area contributed by atoms with Crippen LogP contribution < -0.4 is 15.2 Å². The molecule has 3 rings (SSSR count). The summed E-state index contributed by atoms with van der Waals surface area (Å²) in [5.41, 5.74) is 1.56. The van der Waals surface area contributed by atoms with Crippen molar-refractivity contribution in [2.45, 2.75) is 13.8 Å². The van der Waals surface area contributed by atoms with Gasteiger partial charge in [0.25, 0.3) is 11.5 Å². The molecule has 0 fully saturated rings. The molecule has 2 aromatic carbocycles. The van der Waals surface area contributed by atoms with Crippen molar-refractivity contribution in [3.8, 4) is 5.75 Å². The van der Waals surface area contributed by atoms with Crippen LogP contribution >= 0.6 is 11.6 Å². The molecule has 1 N–H and O–H groups in total. The van der Waals surface area contributed by atoms with Gasteiger partial charge in [-0.1, -0.05) is 35.9 Å². The molecule has 0 bridgehead atoms. The number of methoxy groups -OCH3 is 1. The second kappa shape index (κ2) is 7.22. The number of amides is 1. The predicted molar refractivity (Wildman–Crippen MR) is 105 cm³/mol. The van der Waals surface area contributed by atoms with Crippen LogP contribution in [-0.2, 0) is 0 Å². The number of aryl methyl sites for hydroxylation is 1. The van der Waals surface area contributed by atoms with Gasteiger partial charge in [-0.2, -0.15) is 0 Å². The molecule has 26 heavy (non-hydrogen) atoms. The molecule has 0 radical (unpaired) electrons. The molecule has 0 aliphatic carbocycles. The van der Waals surface area contributed by atoms with Gasteiger partial charge in [-0.3, -0.25) is 9.59 Å². The van der Waals surface area contributed by atoms with Gasteiger partial charge in [0.2, 0.25) is 0 Å². The summed E-state index contributed by atoms with van der Waals surface area (Å²) in [6.07, 6.45) is 0. The van der Waals surface area contributed by atoms with Crippen LogP contribution in [-0.4, -0.2) is 24.5 Å². The first-order valence-electron chi connectivity index (χ1n) is 8.25. The van der Waals surface area contributed by atoms with E-state index in [1.165, 1.54) is 12.0 Å². The molecular formula is C20H19ClN2O3. The maximum absolute atomic E-state index is 13.2. The summed E-state index contributed by atoms with van der Waals surface area (Å²) >= 11 is 6.35. The number of carbonyl (C=O) groups is 1. The van der Waals surface area contributed by atoms with Crippen LogP contribution in [0.2, 0.25) is 5.02 Å². The van der Waals surface area contributed by atoms with E-state index >= 15 is 0 Å². The van der Waals surface area contributed by atoms with Crippen molar-refractivity contribution in [2.75, 3.05) is 18.6 Å². The van der Waals surface area contributed by atoms with Crippen molar-refractivity contribution in [1.82, 2.24) is 4.98 Å². The fourth-order valence-electron chi connectivity index (χ4n) is 3.05. The van der Waals surface area contributed by atoms with Crippen LogP contribution in [0.4, 0.5) is 5.69 Å². The van der Waals surface area contributed by atoms with E-state index in [4.69, 9.17) is 16.3 Å².